The fraction of sp³-hybridized carbons (Fsp3) is 0.857. The molecule has 0 unspecified atom stereocenters. The summed E-state index contributed by atoms with van der Waals surface area (Å²) < 4.78 is 0. The summed E-state index contributed by atoms with van der Waals surface area (Å²) in [5.74, 6) is 2.48. The van der Waals surface area contributed by atoms with Crippen LogP contribution in [0.1, 0.15) is 52.9 Å². The maximum Gasteiger partial charge on any atom is 0.00502 e. The predicted molar refractivity (Wildman–Crippen MR) is 65.6 cm³/mol. The van der Waals surface area contributed by atoms with Crippen LogP contribution in [0.3, 0.4) is 0 Å². The largest absolute Gasteiger partial charge is 0.328 e. The molecule has 2 N–H and O–H groups in total. The van der Waals surface area contributed by atoms with Gasteiger partial charge >= 0.3 is 0 Å². The summed E-state index contributed by atoms with van der Waals surface area (Å²) in [6.45, 7) is 7.08. The molecule has 0 heterocycles. The molecular formula is C14H25N. The monoisotopic (exact) mass is 207 g/mol. The van der Waals surface area contributed by atoms with Gasteiger partial charge in [-0.2, -0.15) is 0 Å². The van der Waals surface area contributed by atoms with Gasteiger partial charge in [-0.05, 0) is 50.4 Å². The molecule has 15 heavy (non-hydrogen) atoms. The summed E-state index contributed by atoms with van der Waals surface area (Å²) >= 11 is 0. The van der Waals surface area contributed by atoms with Crippen LogP contribution >= 0.6 is 0 Å². The summed E-state index contributed by atoms with van der Waals surface area (Å²) in [5, 5.41) is 0. The van der Waals surface area contributed by atoms with Gasteiger partial charge < -0.3 is 5.73 Å². The minimum atomic E-state index is 0.486. The summed E-state index contributed by atoms with van der Waals surface area (Å²) in [6.07, 6.45) is 6.77. The zero-order valence-electron chi connectivity index (χ0n) is 10.4. The highest BCUT2D eigenvalue weighted by atomic mass is 14.7. The van der Waals surface area contributed by atoms with E-state index in [4.69, 9.17) is 5.73 Å². The Morgan fingerprint density at radius 1 is 1.13 bits per heavy atom. The van der Waals surface area contributed by atoms with E-state index in [1.165, 1.54) is 32.1 Å². The summed E-state index contributed by atoms with van der Waals surface area (Å²) in [5.41, 5.74) is 9.35. The lowest BCUT2D eigenvalue weighted by Gasteiger charge is -2.39. The third-order valence-electron chi connectivity index (χ3n) is 4.41. The fourth-order valence-electron chi connectivity index (χ4n) is 3.22. The molecule has 0 radical (unpaired) electrons. The molecule has 2 fully saturated rings. The zero-order valence-corrected chi connectivity index (χ0v) is 10.4. The van der Waals surface area contributed by atoms with Crippen LogP contribution < -0.4 is 5.73 Å². The van der Waals surface area contributed by atoms with Crippen LogP contribution in [-0.4, -0.2) is 6.04 Å². The van der Waals surface area contributed by atoms with Crippen molar-refractivity contribution in [2.45, 2.75) is 58.9 Å². The first-order valence-corrected chi connectivity index (χ1v) is 6.55. The minimum Gasteiger partial charge on any atom is -0.328 e. The van der Waals surface area contributed by atoms with E-state index in [2.05, 4.69) is 20.8 Å². The molecule has 2 aliphatic rings. The van der Waals surface area contributed by atoms with Crippen LogP contribution in [0.25, 0.3) is 0 Å². The second kappa shape index (κ2) is 4.29. The Labute approximate surface area is 94.1 Å². The van der Waals surface area contributed by atoms with Gasteiger partial charge in [0.25, 0.3) is 0 Å². The molecule has 2 aliphatic carbocycles. The van der Waals surface area contributed by atoms with Crippen molar-refractivity contribution >= 4 is 0 Å². The van der Waals surface area contributed by atoms with Crippen LogP contribution in [0.4, 0.5) is 0 Å². The van der Waals surface area contributed by atoms with Crippen LogP contribution in [0.2, 0.25) is 0 Å². The zero-order chi connectivity index (χ0) is 11.0. The van der Waals surface area contributed by atoms with E-state index in [-0.39, 0.29) is 0 Å². The van der Waals surface area contributed by atoms with Crippen molar-refractivity contribution in [3.8, 4) is 0 Å². The quantitative estimate of drug-likeness (QED) is 0.704. The van der Waals surface area contributed by atoms with Gasteiger partial charge in [0, 0.05) is 6.04 Å². The van der Waals surface area contributed by atoms with Gasteiger partial charge in [-0.15, -0.1) is 0 Å². The molecule has 0 amide bonds. The lowest BCUT2D eigenvalue weighted by Crippen LogP contribution is -2.37. The fourth-order valence-corrected chi connectivity index (χ4v) is 3.22. The van der Waals surface area contributed by atoms with Crippen molar-refractivity contribution < 1.29 is 0 Å². The van der Waals surface area contributed by atoms with E-state index in [0.29, 0.717) is 6.04 Å². The molecular weight excluding hydrogens is 182 g/mol. The molecule has 0 bridgehead atoms. The first kappa shape index (κ1) is 11.2. The number of hydrogen-bond donors (Lipinski definition) is 1. The van der Waals surface area contributed by atoms with Gasteiger partial charge in [-0.25, -0.2) is 0 Å². The maximum atomic E-state index is 5.88. The Morgan fingerprint density at radius 3 is 2.07 bits per heavy atom. The highest BCUT2D eigenvalue weighted by Crippen LogP contribution is 2.43. The third kappa shape index (κ3) is 2.13. The number of allylic oxidation sites excluding steroid dienone is 2. The number of hydrogen-bond acceptors (Lipinski definition) is 1. The van der Waals surface area contributed by atoms with Crippen LogP contribution in [0.15, 0.2) is 11.1 Å². The molecule has 1 heteroatoms. The van der Waals surface area contributed by atoms with E-state index in [1.807, 2.05) is 0 Å². The Balaban J connectivity index is 2.09. The highest BCUT2D eigenvalue weighted by Gasteiger charge is 2.32. The predicted octanol–water partition coefficient (Wildman–Crippen LogP) is 3.50. The van der Waals surface area contributed by atoms with Gasteiger partial charge in [0.1, 0.15) is 0 Å². The first-order valence-electron chi connectivity index (χ1n) is 6.55. The van der Waals surface area contributed by atoms with Gasteiger partial charge in [-0.1, -0.05) is 31.4 Å². The molecule has 0 aromatic carbocycles. The number of nitrogens with two attached hydrogens (primary N) is 1. The van der Waals surface area contributed by atoms with Crippen LogP contribution in [-0.2, 0) is 0 Å². The molecule has 0 spiro atoms. The Bertz CT molecular complexity index is 255. The summed E-state index contributed by atoms with van der Waals surface area (Å²) in [6, 6.07) is 0.486. The molecule has 2 saturated carbocycles. The number of rotatable bonds is 3. The average molecular weight is 207 g/mol. The van der Waals surface area contributed by atoms with Crippen LogP contribution in [0.5, 0.6) is 0 Å². The minimum absolute atomic E-state index is 0.486. The molecule has 0 aromatic rings. The summed E-state index contributed by atoms with van der Waals surface area (Å²) in [7, 11) is 0. The lowest BCUT2D eigenvalue weighted by atomic mass is 9.68. The van der Waals surface area contributed by atoms with Crippen molar-refractivity contribution in [2.75, 3.05) is 0 Å². The standard InChI is InChI=1S/C14H25N/c1-9(2)14(11-5-4-6-11)10(3)12-7-13(15)8-12/h9,11-13H,4-8,15H2,1-3H3/b14-10+. The molecule has 86 valence electrons. The van der Waals surface area contributed by atoms with Crippen molar-refractivity contribution in [1.29, 1.82) is 0 Å². The highest BCUT2D eigenvalue weighted by molar-refractivity contribution is 5.23. The average Bonchev–Trinajstić information content (AvgIpc) is 2.03. The van der Waals surface area contributed by atoms with Gasteiger partial charge in [0.05, 0.1) is 0 Å². The van der Waals surface area contributed by atoms with Crippen molar-refractivity contribution in [1.82, 2.24) is 0 Å². The SMILES string of the molecule is C/C(=C(/C(C)C)C1CCC1)C1CC(N)C1. The third-order valence-corrected chi connectivity index (χ3v) is 4.41. The second-order valence-corrected chi connectivity index (χ2v) is 5.85. The topological polar surface area (TPSA) is 26.0 Å². The first-order chi connectivity index (χ1) is 7.09. The Hall–Kier alpha value is -0.300. The molecule has 1 nitrogen and oxygen atoms in total. The molecule has 0 aromatic heterocycles. The van der Waals surface area contributed by atoms with E-state index < -0.39 is 0 Å². The molecule has 0 atom stereocenters. The van der Waals surface area contributed by atoms with Gasteiger partial charge in [-0.3, -0.25) is 0 Å². The van der Waals surface area contributed by atoms with E-state index in [9.17, 15) is 0 Å². The van der Waals surface area contributed by atoms with Gasteiger partial charge in [0.2, 0.25) is 0 Å². The van der Waals surface area contributed by atoms with E-state index in [0.717, 1.165) is 17.8 Å². The Kier molecular flexibility index (Phi) is 3.20. The maximum absolute atomic E-state index is 5.88. The normalized spacial score (nSPS) is 33.4. The van der Waals surface area contributed by atoms with Gasteiger partial charge in [0.15, 0.2) is 0 Å². The molecule has 2 rings (SSSR count). The molecule has 0 saturated heterocycles. The summed E-state index contributed by atoms with van der Waals surface area (Å²) in [4.78, 5) is 0. The van der Waals surface area contributed by atoms with Crippen molar-refractivity contribution in [3.05, 3.63) is 11.1 Å². The molecule has 0 aliphatic heterocycles. The van der Waals surface area contributed by atoms with Crippen LogP contribution in [0, 0.1) is 17.8 Å². The smallest absolute Gasteiger partial charge is 0.00502 e. The van der Waals surface area contributed by atoms with E-state index in [1.54, 1.807) is 11.1 Å². The second-order valence-electron chi connectivity index (χ2n) is 5.85. The van der Waals surface area contributed by atoms with Crippen molar-refractivity contribution in [3.63, 3.8) is 0 Å². The Morgan fingerprint density at radius 2 is 1.73 bits per heavy atom. The van der Waals surface area contributed by atoms with Crippen molar-refractivity contribution in [2.24, 2.45) is 23.5 Å². The van der Waals surface area contributed by atoms with E-state index >= 15 is 0 Å². The lowest BCUT2D eigenvalue weighted by molar-refractivity contribution is 0.287.